The summed E-state index contributed by atoms with van der Waals surface area (Å²) in [5, 5.41) is 16.5. The van der Waals surface area contributed by atoms with E-state index in [1.54, 1.807) is 0 Å². The van der Waals surface area contributed by atoms with Gasteiger partial charge in [-0.05, 0) is 12.5 Å². The first-order valence-corrected chi connectivity index (χ1v) is 4.93. The number of unbranched alkanes of at least 4 members (excludes halogenated alkanes) is 1. The molecule has 1 N–H and O–H groups in total. The van der Waals surface area contributed by atoms with E-state index >= 15 is 0 Å². The monoisotopic (exact) mass is 209 g/mol. The topological polar surface area (TPSA) is 66.3 Å². The van der Waals surface area contributed by atoms with Crippen molar-refractivity contribution < 1.29 is 9.90 Å². The molecule has 0 aliphatic carbocycles. The average molecular weight is 209 g/mol. The summed E-state index contributed by atoms with van der Waals surface area (Å²) in [6, 6.07) is 1.47. The maximum Gasteiger partial charge on any atom is 0.339 e. The van der Waals surface area contributed by atoms with Gasteiger partial charge in [-0.25, -0.2) is 4.79 Å². The van der Waals surface area contributed by atoms with Crippen molar-refractivity contribution in [1.82, 2.24) is 10.2 Å². The van der Waals surface area contributed by atoms with E-state index in [1.807, 2.05) is 11.9 Å². The summed E-state index contributed by atoms with van der Waals surface area (Å²) in [5.41, 5.74) is 0.198. The Labute approximate surface area is 88.7 Å². The molecule has 5 heteroatoms. The summed E-state index contributed by atoms with van der Waals surface area (Å²) >= 11 is 0. The van der Waals surface area contributed by atoms with E-state index in [2.05, 4.69) is 17.1 Å². The lowest BCUT2D eigenvalue weighted by molar-refractivity contribution is 0.0697. The second kappa shape index (κ2) is 5.29. The molecule has 0 aliphatic heterocycles. The van der Waals surface area contributed by atoms with Gasteiger partial charge in [0.1, 0.15) is 5.56 Å². The minimum atomic E-state index is -0.969. The molecule has 0 saturated heterocycles. The first-order chi connectivity index (χ1) is 7.16. The number of aromatic nitrogens is 2. The van der Waals surface area contributed by atoms with E-state index in [4.69, 9.17) is 5.11 Å². The number of rotatable bonds is 5. The van der Waals surface area contributed by atoms with Crippen molar-refractivity contribution in [1.29, 1.82) is 0 Å². The third-order valence-corrected chi connectivity index (χ3v) is 2.14. The fourth-order valence-electron chi connectivity index (χ4n) is 1.27. The Hall–Kier alpha value is -1.65. The molecular formula is C10H15N3O2. The lowest BCUT2D eigenvalue weighted by atomic mass is 10.2. The molecule has 1 aromatic heterocycles. The second-order valence-electron chi connectivity index (χ2n) is 3.35. The Kier molecular flexibility index (Phi) is 4.03. The zero-order valence-electron chi connectivity index (χ0n) is 8.97. The molecule has 0 amide bonds. The van der Waals surface area contributed by atoms with Gasteiger partial charge in [0.05, 0.1) is 6.20 Å². The Morgan fingerprint density at radius 2 is 2.33 bits per heavy atom. The molecule has 1 rings (SSSR count). The molecule has 1 heterocycles. The van der Waals surface area contributed by atoms with Gasteiger partial charge >= 0.3 is 5.97 Å². The molecule has 0 aliphatic rings. The van der Waals surface area contributed by atoms with E-state index in [0.717, 1.165) is 19.4 Å². The van der Waals surface area contributed by atoms with E-state index in [-0.39, 0.29) is 5.56 Å². The van der Waals surface area contributed by atoms with Crippen LogP contribution in [0, 0.1) is 0 Å². The molecule has 0 saturated carbocycles. The molecular weight excluding hydrogens is 194 g/mol. The first kappa shape index (κ1) is 11.4. The lowest BCUT2D eigenvalue weighted by Crippen LogP contribution is -2.22. The fourth-order valence-corrected chi connectivity index (χ4v) is 1.27. The number of anilines is 1. The minimum absolute atomic E-state index is 0.198. The number of carbonyl (C=O) groups is 1. The molecule has 0 atom stereocenters. The SMILES string of the molecule is CCCCN(C)c1nnccc1C(=O)O. The Morgan fingerprint density at radius 3 is 2.93 bits per heavy atom. The number of hydrogen-bond donors (Lipinski definition) is 1. The molecule has 0 radical (unpaired) electrons. The second-order valence-corrected chi connectivity index (χ2v) is 3.35. The summed E-state index contributed by atoms with van der Waals surface area (Å²) in [4.78, 5) is 12.7. The number of hydrogen-bond acceptors (Lipinski definition) is 4. The van der Waals surface area contributed by atoms with Crippen molar-refractivity contribution in [2.45, 2.75) is 19.8 Å². The molecule has 15 heavy (non-hydrogen) atoms. The van der Waals surface area contributed by atoms with E-state index in [1.165, 1.54) is 12.3 Å². The number of carboxylic acids is 1. The van der Waals surface area contributed by atoms with Gasteiger partial charge in [-0.1, -0.05) is 13.3 Å². The van der Waals surface area contributed by atoms with Crippen LogP contribution in [0.3, 0.4) is 0 Å². The first-order valence-electron chi connectivity index (χ1n) is 4.93. The summed E-state index contributed by atoms with van der Waals surface area (Å²) < 4.78 is 0. The van der Waals surface area contributed by atoms with Crippen LogP contribution in [0.15, 0.2) is 12.3 Å². The molecule has 0 aromatic carbocycles. The van der Waals surface area contributed by atoms with Gasteiger partial charge in [-0.2, -0.15) is 5.10 Å². The zero-order chi connectivity index (χ0) is 11.3. The van der Waals surface area contributed by atoms with Crippen LogP contribution in [0.25, 0.3) is 0 Å². The van der Waals surface area contributed by atoms with Gasteiger partial charge in [0.25, 0.3) is 0 Å². The van der Waals surface area contributed by atoms with Crippen molar-refractivity contribution >= 4 is 11.8 Å². The van der Waals surface area contributed by atoms with Crippen LogP contribution in [-0.4, -0.2) is 34.9 Å². The van der Waals surface area contributed by atoms with Crippen LogP contribution in [0.5, 0.6) is 0 Å². The van der Waals surface area contributed by atoms with Crippen LogP contribution >= 0.6 is 0 Å². The highest BCUT2D eigenvalue weighted by Crippen LogP contribution is 2.14. The van der Waals surface area contributed by atoms with Crippen molar-refractivity contribution in [3.05, 3.63) is 17.8 Å². The summed E-state index contributed by atoms with van der Waals surface area (Å²) in [5.74, 6) is -0.540. The molecule has 82 valence electrons. The van der Waals surface area contributed by atoms with Gasteiger partial charge in [0.2, 0.25) is 0 Å². The van der Waals surface area contributed by atoms with Crippen LogP contribution < -0.4 is 4.90 Å². The molecule has 0 fully saturated rings. The summed E-state index contributed by atoms with van der Waals surface area (Å²) in [6.07, 6.45) is 3.46. The standard InChI is InChI=1S/C10H15N3O2/c1-3-4-7-13(2)9-8(10(14)15)5-6-11-12-9/h5-6H,3-4,7H2,1-2H3,(H,14,15). The highest BCUT2D eigenvalue weighted by Gasteiger charge is 2.14. The highest BCUT2D eigenvalue weighted by atomic mass is 16.4. The third-order valence-electron chi connectivity index (χ3n) is 2.14. The van der Waals surface area contributed by atoms with Crippen molar-refractivity contribution in [2.75, 3.05) is 18.5 Å². The lowest BCUT2D eigenvalue weighted by Gasteiger charge is -2.18. The molecule has 0 unspecified atom stereocenters. The van der Waals surface area contributed by atoms with Crippen LogP contribution in [0.2, 0.25) is 0 Å². The average Bonchev–Trinajstić information content (AvgIpc) is 2.25. The quantitative estimate of drug-likeness (QED) is 0.794. The predicted octanol–water partition coefficient (Wildman–Crippen LogP) is 1.41. The third kappa shape index (κ3) is 2.90. The molecule has 1 aromatic rings. The van der Waals surface area contributed by atoms with Crippen molar-refractivity contribution in [3.8, 4) is 0 Å². The normalized spacial score (nSPS) is 10.0. The minimum Gasteiger partial charge on any atom is -0.478 e. The summed E-state index contributed by atoms with van der Waals surface area (Å²) in [7, 11) is 1.83. The highest BCUT2D eigenvalue weighted by molar-refractivity contribution is 5.92. The maximum atomic E-state index is 10.9. The Bertz CT molecular complexity index is 341. The van der Waals surface area contributed by atoms with Crippen molar-refractivity contribution in [3.63, 3.8) is 0 Å². The molecule has 0 bridgehead atoms. The zero-order valence-corrected chi connectivity index (χ0v) is 8.97. The molecule has 0 spiro atoms. The number of carboxylic acid groups (broad SMARTS) is 1. The van der Waals surface area contributed by atoms with Crippen molar-refractivity contribution in [2.24, 2.45) is 0 Å². The maximum absolute atomic E-state index is 10.9. The van der Waals surface area contributed by atoms with E-state index in [0.29, 0.717) is 5.82 Å². The van der Waals surface area contributed by atoms with Gasteiger partial charge in [0, 0.05) is 13.6 Å². The Balaban J connectivity index is 2.87. The van der Waals surface area contributed by atoms with Gasteiger partial charge in [-0.15, -0.1) is 5.10 Å². The molecule has 5 nitrogen and oxygen atoms in total. The van der Waals surface area contributed by atoms with Gasteiger partial charge in [-0.3, -0.25) is 0 Å². The van der Waals surface area contributed by atoms with Crippen LogP contribution in [0.4, 0.5) is 5.82 Å². The smallest absolute Gasteiger partial charge is 0.339 e. The Morgan fingerprint density at radius 1 is 1.60 bits per heavy atom. The van der Waals surface area contributed by atoms with Crippen LogP contribution in [0.1, 0.15) is 30.1 Å². The van der Waals surface area contributed by atoms with E-state index < -0.39 is 5.97 Å². The number of aromatic carboxylic acids is 1. The van der Waals surface area contributed by atoms with Gasteiger partial charge < -0.3 is 10.0 Å². The number of nitrogens with zero attached hydrogens (tertiary/aromatic N) is 3. The predicted molar refractivity (Wildman–Crippen MR) is 57.2 cm³/mol. The largest absolute Gasteiger partial charge is 0.478 e. The van der Waals surface area contributed by atoms with Crippen LogP contribution in [-0.2, 0) is 0 Å². The van der Waals surface area contributed by atoms with E-state index in [9.17, 15) is 4.79 Å². The summed E-state index contributed by atoms with van der Waals surface area (Å²) in [6.45, 7) is 2.87. The van der Waals surface area contributed by atoms with Gasteiger partial charge in [0.15, 0.2) is 5.82 Å². The fraction of sp³-hybridized carbons (Fsp3) is 0.500.